The average Bonchev–Trinajstić information content (AvgIpc) is 2.81. The van der Waals surface area contributed by atoms with Crippen LogP contribution in [0.3, 0.4) is 0 Å². The number of ether oxygens (including phenoxy) is 1. The normalized spacial score (nSPS) is 15.0. The smallest absolute Gasteiger partial charge is 0.321 e. The topological polar surface area (TPSA) is 84.5 Å². The first kappa shape index (κ1) is 15.8. The van der Waals surface area contributed by atoms with Crippen molar-refractivity contribution in [2.24, 2.45) is 0 Å². The molecule has 0 radical (unpaired) electrons. The molecule has 0 aromatic carbocycles. The molecule has 1 fully saturated rings. The summed E-state index contributed by atoms with van der Waals surface area (Å²) in [5.74, 6) is -0.567. The fourth-order valence-electron chi connectivity index (χ4n) is 1.88. The van der Waals surface area contributed by atoms with Crippen LogP contribution < -0.4 is 10.6 Å². The van der Waals surface area contributed by atoms with Gasteiger partial charge in [-0.05, 0) is 19.8 Å². The maximum atomic E-state index is 11.5. The highest BCUT2D eigenvalue weighted by molar-refractivity contribution is 8.00. The summed E-state index contributed by atoms with van der Waals surface area (Å²) >= 11 is 1.13. The molecule has 1 rings (SSSR count). The van der Waals surface area contributed by atoms with Crippen LogP contribution in [0.2, 0.25) is 0 Å². The van der Waals surface area contributed by atoms with Crippen LogP contribution in [0.4, 0.5) is 4.79 Å². The van der Waals surface area contributed by atoms with E-state index in [1.807, 2.05) is 0 Å². The Morgan fingerprint density at radius 2 is 1.89 bits per heavy atom. The van der Waals surface area contributed by atoms with E-state index in [4.69, 9.17) is 4.74 Å². The third kappa shape index (κ3) is 7.05. The largest absolute Gasteiger partial charge is 0.465 e. The maximum absolute atomic E-state index is 11.5. The zero-order chi connectivity index (χ0) is 14.1. The summed E-state index contributed by atoms with van der Waals surface area (Å²) in [5, 5.41) is 5.01. The Morgan fingerprint density at radius 1 is 1.21 bits per heavy atom. The van der Waals surface area contributed by atoms with Crippen molar-refractivity contribution in [2.75, 3.05) is 18.1 Å². The van der Waals surface area contributed by atoms with E-state index in [0.717, 1.165) is 37.4 Å². The molecule has 0 unspecified atom stereocenters. The minimum Gasteiger partial charge on any atom is -0.465 e. The van der Waals surface area contributed by atoms with Crippen LogP contribution >= 0.6 is 11.8 Å². The highest BCUT2D eigenvalue weighted by atomic mass is 32.2. The van der Waals surface area contributed by atoms with Crippen LogP contribution in [0.1, 0.15) is 32.6 Å². The molecule has 1 saturated carbocycles. The van der Waals surface area contributed by atoms with E-state index in [1.165, 1.54) is 0 Å². The standard InChI is InChI=1S/C12H20N2O4S/c1-2-18-11(16)8-19-7-10(15)14-12(17)13-9-5-3-4-6-9/h9H,2-8H2,1H3,(H2,13,14,15,17). The van der Waals surface area contributed by atoms with Gasteiger partial charge in [0.2, 0.25) is 5.91 Å². The van der Waals surface area contributed by atoms with E-state index < -0.39 is 11.9 Å². The average molecular weight is 288 g/mol. The van der Waals surface area contributed by atoms with Gasteiger partial charge < -0.3 is 10.1 Å². The fourth-order valence-corrected chi connectivity index (χ4v) is 2.49. The minimum atomic E-state index is -0.450. The van der Waals surface area contributed by atoms with Gasteiger partial charge in [-0.2, -0.15) is 0 Å². The van der Waals surface area contributed by atoms with E-state index in [2.05, 4.69) is 10.6 Å². The van der Waals surface area contributed by atoms with Crippen LogP contribution in [-0.4, -0.2) is 42.1 Å². The number of esters is 1. The van der Waals surface area contributed by atoms with Gasteiger partial charge >= 0.3 is 12.0 Å². The van der Waals surface area contributed by atoms with E-state index in [0.29, 0.717) is 6.61 Å². The monoisotopic (exact) mass is 288 g/mol. The lowest BCUT2D eigenvalue weighted by atomic mass is 10.2. The molecule has 1 aliphatic carbocycles. The predicted octanol–water partition coefficient (Wildman–Crippen LogP) is 1.05. The molecule has 1 aliphatic rings. The molecule has 2 N–H and O–H groups in total. The van der Waals surface area contributed by atoms with Crippen molar-refractivity contribution in [3.05, 3.63) is 0 Å². The molecule has 0 atom stereocenters. The van der Waals surface area contributed by atoms with Gasteiger partial charge in [0.05, 0.1) is 18.1 Å². The quantitative estimate of drug-likeness (QED) is 0.714. The van der Waals surface area contributed by atoms with Gasteiger partial charge in [0.25, 0.3) is 0 Å². The van der Waals surface area contributed by atoms with Crippen LogP contribution in [0.25, 0.3) is 0 Å². The number of urea groups is 1. The van der Waals surface area contributed by atoms with Crippen molar-refractivity contribution in [2.45, 2.75) is 38.6 Å². The summed E-state index contributed by atoms with van der Waals surface area (Å²) in [6.45, 7) is 2.05. The molecule has 0 aromatic rings. The highest BCUT2D eigenvalue weighted by Crippen LogP contribution is 2.17. The van der Waals surface area contributed by atoms with E-state index in [-0.39, 0.29) is 23.5 Å². The molecule has 19 heavy (non-hydrogen) atoms. The molecular formula is C12H20N2O4S. The Hall–Kier alpha value is -1.24. The number of nitrogens with one attached hydrogen (secondary N) is 2. The van der Waals surface area contributed by atoms with Crippen molar-refractivity contribution < 1.29 is 19.1 Å². The number of hydrogen-bond donors (Lipinski definition) is 2. The highest BCUT2D eigenvalue weighted by Gasteiger charge is 2.18. The minimum absolute atomic E-state index is 0.0664. The molecule has 0 saturated heterocycles. The lowest BCUT2D eigenvalue weighted by Crippen LogP contribution is -2.44. The van der Waals surface area contributed by atoms with Crippen molar-refractivity contribution in [3.63, 3.8) is 0 Å². The Bertz CT molecular complexity index is 330. The summed E-state index contributed by atoms with van der Waals surface area (Å²) in [6.07, 6.45) is 4.18. The number of amides is 3. The molecule has 0 spiro atoms. The summed E-state index contributed by atoms with van der Waals surface area (Å²) in [7, 11) is 0. The third-order valence-electron chi connectivity index (χ3n) is 2.70. The third-order valence-corrected chi connectivity index (χ3v) is 3.61. The molecule has 0 bridgehead atoms. The Morgan fingerprint density at radius 3 is 2.53 bits per heavy atom. The summed E-state index contributed by atoms with van der Waals surface area (Å²) < 4.78 is 4.72. The first-order valence-electron chi connectivity index (χ1n) is 6.45. The number of carbonyl (C=O) groups excluding carboxylic acids is 3. The second-order valence-electron chi connectivity index (χ2n) is 4.30. The number of rotatable bonds is 6. The van der Waals surface area contributed by atoms with Gasteiger partial charge in [0.15, 0.2) is 0 Å². The predicted molar refractivity (Wildman–Crippen MR) is 72.9 cm³/mol. The molecule has 7 heteroatoms. The number of imide groups is 1. The van der Waals surface area contributed by atoms with E-state index >= 15 is 0 Å². The van der Waals surface area contributed by atoms with Crippen molar-refractivity contribution in [3.8, 4) is 0 Å². The summed E-state index contributed by atoms with van der Waals surface area (Å²) in [4.78, 5) is 33.9. The van der Waals surface area contributed by atoms with E-state index in [1.54, 1.807) is 6.92 Å². The Balaban J connectivity index is 2.09. The lowest BCUT2D eigenvalue weighted by Gasteiger charge is -2.11. The molecule has 3 amide bonds. The van der Waals surface area contributed by atoms with Crippen LogP contribution in [0.15, 0.2) is 0 Å². The van der Waals surface area contributed by atoms with Gasteiger partial charge in [-0.15, -0.1) is 11.8 Å². The fraction of sp³-hybridized carbons (Fsp3) is 0.750. The molecule has 0 heterocycles. The zero-order valence-corrected chi connectivity index (χ0v) is 11.9. The second-order valence-corrected chi connectivity index (χ2v) is 5.29. The van der Waals surface area contributed by atoms with Crippen LogP contribution in [0, 0.1) is 0 Å². The summed E-state index contributed by atoms with van der Waals surface area (Å²) in [6, 6.07) is -0.270. The lowest BCUT2D eigenvalue weighted by molar-refractivity contribution is -0.139. The van der Waals surface area contributed by atoms with E-state index in [9.17, 15) is 14.4 Å². The Kier molecular flexibility index (Phi) is 7.32. The summed E-state index contributed by atoms with van der Waals surface area (Å²) in [5.41, 5.74) is 0. The molecule has 6 nitrogen and oxygen atoms in total. The maximum Gasteiger partial charge on any atom is 0.321 e. The van der Waals surface area contributed by atoms with Crippen molar-refractivity contribution in [1.29, 1.82) is 0 Å². The van der Waals surface area contributed by atoms with Gasteiger partial charge in [0.1, 0.15) is 0 Å². The first-order valence-corrected chi connectivity index (χ1v) is 7.61. The molecule has 0 aliphatic heterocycles. The van der Waals surface area contributed by atoms with Crippen LogP contribution in [-0.2, 0) is 14.3 Å². The zero-order valence-electron chi connectivity index (χ0n) is 11.1. The molecule has 0 aromatic heterocycles. The van der Waals surface area contributed by atoms with Gasteiger partial charge in [-0.3, -0.25) is 14.9 Å². The molecular weight excluding hydrogens is 268 g/mol. The number of thioether (sulfide) groups is 1. The van der Waals surface area contributed by atoms with Crippen molar-refractivity contribution in [1.82, 2.24) is 10.6 Å². The molecule has 108 valence electrons. The Labute approximate surface area is 117 Å². The van der Waals surface area contributed by atoms with Crippen molar-refractivity contribution >= 4 is 29.7 Å². The number of hydrogen-bond acceptors (Lipinski definition) is 5. The van der Waals surface area contributed by atoms with Gasteiger partial charge in [-0.1, -0.05) is 12.8 Å². The second kappa shape index (κ2) is 8.79. The number of carbonyl (C=O) groups is 3. The van der Waals surface area contributed by atoms with Gasteiger partial charge in [0, 0.05) is 6.04 Å². The first-order chi connectivity index (χ1) is 9.11. The van der Waals surface area contributed by atoms with Crippen LogP contribution in [0.5, 0.6) is 0 Å². The van der Waals surface area contributed by atoms with Gasteiger partial charge in [-0.25, -0.2) is 4.79 Å². The SMILES string of the molecule is CCOC(=O)CSCC(=O)NC(=O)NC1CCCC1.